The van der Waals surface area contributed by atoms with Crippen molar-refractivity contribution in [1.82, 2.24) is 4.98 Å². The fraction of sp³-hybridized carbons (Fsp3) is 0.444. The predicted molar refractivity (Wildman–Crippen MR) is 51.4 cm³/mol. The molecule has 0 fully saturated rings. The molecular formula is C9H13NOS. The zero-order valence-electron chi connectivity index (χ0n) is 7.16. The van der Waals surface area contributed by atoms with Gasteiger partial charge in [0.05, 0.1) is 0 Å². The molecule has 0 aromatic carbocycles. The normalized spacial score (nSPS) is 10.2. The van der Waals surface area contributed by atoms with Crippen LogP contribution in [-0.4, -0.2) is 22.5 Å². The van der Waals surface area contributed by atoms with Crippen molar-refractivity contribution >= 4 is 11.8 Å². The fourth-order valence-corrected chi connectivity index (χ4v) is 1.78. The number of hydrogen-bond donors (Lipinski definition) is 1. The third-order valence-corrected chi connectivity index (χ3v) is 2.52. The molecule has 0 spiro atoms. The molecule has 1 heterocycles. The lowest BCUT2D eigenvalue weighted by Crippen LogP contribution is -1.86. The minimum absolute atomic E-state index is 0.275. The van der Waals surface area contributed by atoms with Gasteiger partial charge in [-0.2, -0.15) is 0 Å². The number of nitrogens with zero attached hydrogens (tertiary/aromatic N) is 1. The molecule has 0 amide bonds. The third-order valence-electron chi connectivity index (χ3n) is 1.44. The molecular weight excluding hydrogens is 170 g/mol. The Kier molecular flexibility index (Phi) is 4.11. The smallest absolute Gasteiger partial charge is 0.0439 e. The Morgan fingerprint density at radius 3 is 3.08 bits per heavy atom. The Labute approximate surface area is 77.0 Å². The maximum absolute atomic E-state index is 8.57. The first-order valence-electron chi connectivity index (χ1n) is 3.99. The van der Waals surface area contributed by atoms with Crippen LogP contribution in [0.3, 0.4) is 0 Å². The average molecular weight is 183 g/mol. The van der Waals surface area contributed by atoms with E-state index in [1.807, 2.05) is 19.2 Å². The van der Waals surface area contributed by atoms with Crippen LogP contribution in [0.1, 0.15) is 12.1 Å². The number of aromatic nitrogens is 1. The van der Waals surface area contributed by atoms with Crippen molar-refractivity contribution in [2.45, 2.75) is 18.2 Å². The summed E-state index contributed by atoms with van der Waals surface area (Å²) >= 11 is 1.76. The minimum Gasteiger partial charge on any atom is -0.396 e. The van der Waals surface area contributed by atoms with Crippen LogP contribution in [0.2, 0.25) is 0 Å². The van der Waals surface area contributed by atoms with Gasteiger partial charge in [0.25, 0.3) is 0 Å². The first-order chi connectivity index (χ1) is 5.83. The highest BCUT2D eigenvalue weighted by Gasteiger charge is 1.93. The van der Waals surface area contributed by atoms with E-state index in [1.165, 1.54) is 4.90 Å². The molecule has 0 aliphatic heterocycles. The quantitative estimate of drug-likeness (QED) is 0.571. The molecule has 0 saturated carbocycles. The molecule has 0 saturated heterocycles. The minimum atomic E-state index is 0.275. The molecule has 2 nitrogen and oxygen atoms in total. The molecule has 0 aliphatic rings. The standard InChI is InChI=1S/C9H13NOS/c1-8-7-9(3-4-10-8)12-6-2-5-11/h3-4,7,11H,2,5-6H2,1H3. The molecule has 1 aromatic heterocycles. The predicted octanol–water partition coefficient (Wildman–Crippen LogP) is 1.86. The van der Waals surface area contributed by atoms with E-state index in [-0.39, 0.29) is 6.61 Å². The molecule has 66 valence electrons. The number of aryl methyl sites for hydroxylation is 1. The number of hydrogen-bond acceptors (Lipinski definition) is 3. The van der Waals surface area contributed by atoms with E-state index in [0.717, 1.165) is 17.9 Å². The Balaban J connectivity index is 2.41. The van der Waals surface area contributed by atoms with E-state index in [2.05, 4.69) is 11.1 Å². The lowest BCUT2D eigenvalue weighted by atomic mass is 10.4. The Bertz CT molecular complexity index is 240. The van der Waals surface area contributed by atoms with E-state index >= 15 is 0 Å². The van der Waals surface area contributed by atoms with Gasteiger partial charge in [0, 0.05) is 29.1 Å². The summed E-state index contributed by atoms with van der Waals surface area (Å²) in [6.07, 6.45) is 2.67. The zero-order valence-corrected chi connectivity index (χ0v) is 7.97. The molecule has 3 heteroatoms. The first-order valence-corrected chi connectivity index (χ1v) is 4.98. The summed E-state index contributed by atoms with van der Waals surface area (Å²) < 4.78 is 0. The number of aliphatic hydroxyl groups is 1. The summed E-state index contributed by atoms with van der Waals surface area (Å²) in [4.78, 5) is 5.34. The van der Waals surface area contributed by atoms with Crippen molar-refractivity contribution in [3.05, 3.63) is 24.0 Å². The molecule has 1 aromatic rings. The number of aliphatic hydroxyl groups excluding tert-OH is 1. The molecule has 1 N–H and O–H groups in total. The second-order valence-electron chi connectivity index (χ2n) is 2.56. The summed E-state index contributed by atoms with van der Waals surface area (Å²) in [5.41, 5.74) is 1.05. The van der Waals surface area contributed by atoms with Crippen molar-refractivity contribution in [3.63, 3.8) is 0 Å². The highest BCUT2D eigenvalue weighted by molar-refractivity contribution is 7.99. The van der Waals surface area contributed by atoms with E-state index in [0.29, 0.717) is 0 Å². The Morgan fingerprint density at radius 2 is 2.42 bits per heavy atom. The van der Waals surface area contributed by atoms with Crippen LogP contribution in [0.5, 0.6) is 0 Å². The Morgan fingerprint density at radius 1 is 1.58 bits per heavy atom. The summed E-state index contributed by atoms with van der Waals surface area (Å²) in [6.45, 7) is 2.26. The van der Waals surface area contributed by atoms with E-state index in [9.17, 15) is 0 Å². The summed E-state index contributed by atoms with van der Waals surface area (Å²) in [5, 5.41) is 8.57. The third kappa shape index (κ3) is 3.24. The molecule has 0 atom stereocenters. The largest absolute Gasteiger partial charge is 0.396 e. The highest BCUT2D eigenvalue weighted by atomic mass is 32.2. The van der Waals surface area contributed by atoms with Gasteiger partial charge in [0.15, 0.2) is 0 Å². The monoisotopic (exact) mass is 183 g/mol. The van der Waals surface area contributed by atoms with Crippen molar-refractivity contribution in [3.8, 4) is 0 Å². The summed E-state index contributed by atoms with van der Waals surface area (Å²) in [5.74, 6) is 0.972. The SMILES string of the molecule is Cc1cc(SCCCO)ccn1. The van der Waals surface area contributed by atoms with Crippen LogP contribution in [0.15, 0.2) is 23.2 Å². The van der Waals surface area contributed by atoms with Gasteiger partial charge in [-0.1, -0.05) is 0 Å². The van der Waals surface area contributed by atoms with Crippen LogP contribution in [0, 0.1) is 6.92 Å². The van der Waals surface area contributed by atoms with Crippen molar-refractivity contribution in [1.29, 1.82) is 0 Å². The van der Waals surface area contributed by atoms with Gasteiger partial charge in [0.2, 0.25) is 0 Å². The van der Waals surface area contributed by atoms with Gasteiger partial charge in [-0.25, -0.2) is 0 Å². The van der Waals surface area contributed by atoms with Crippen LogP contribution in [0.4, 0.5) is 0 Å². The van der Waals surface area contributed by atoms with Crippen molar-refractivity contribution in [2.75, 3.05) is 12.4 Å². The second-order valence-corrected chi connectivity index (χ2v) is 3.73. The van der Waals surface area contributed by atoms with Gasteiger partial charge in [-0.3, -0.25) is 4.98 Å². The topological polar surface area (TPSA) is 33.1 Å². The maximum Gasteiger partial charge on any atom is 0.0439 e. The van der Waals surface area contributed by atoms with Crippen molar-refractivity contribution in [2.24, 2.45) is 0 Å². The molecule has 0 radical (unpaired) electrons. The number of rotatable bonds is 4. The van der Waals surface area contributed by atoms with Gasteiger partial charge >= 0.3 is 0 Å². The van der Waals surface area contributed by atoms with Gasteiger partial charge in [-0.05, 0) is 25.5 Å². The van der Waals surface area contributed by atoms with E-state index < -0.39 is 0 Å². The first kappa shape index (κ1) is 9.55. The van der Waals surface area contributed by atoms with Gasteiger partial charge in [-0.15, -0.1) is 11.8 Å². The van der Waals surface area contributed by atoms with Gasteiger partial charge in [0.1, 0.15) is 0 Å². The molecule has 0 bridgehead atoms. The van der Waals surface area contributed by atoms with Gasteiger partial charge < -0.3 is 5.11 Å². The lowest BCUT2D eigenvalue weighted by molar-refractivity contribution is 0.296. The molecule has 0 aliphatic carbocycles. The highest BCUT2D eigenvalue weighted by Crippen LogP contribution is 2.17. The van der Waals surface area contributed by atoms with Crippen LogP contribution in [0.25, 0.3) is 0 Å². The van der Waals surface area contributed by atoms with Crippen LogP contribution >= 0.6 is 11.8 Å². The van der Waals surface area contributed by atoms with Crippen LogP contribution < -0.4 is 0 Å². The number of thioether (sulfide) groups is 1. The molecule has 0 unspecified atom stereocenters. The van der Waals surface area contributed by atoms with E-state index in [4.69, 9.17) is 5.11 Å². The summed E-state index contributed by atoms with van der Waals surface area (Å²) in [7, 11) is 0. The van der Waals surface area contributed by atoms with Crippen molar-refractivity contribution < 1.29 is 5.11 Å². The fourth-order valence-electron chi connectivity index (χ4n) is 0.864. The molecule has 1 rings (SSSR count). The van der Waals surface area contributed by atoms with Crippen LogP contribution in [-0.2, 0) is 0 Å². The second kappa shape index (κ2) is 5.17. The maximum atomic E-state index is 8.57. The van der Waals surface area contributed by atoms with E-state index in [1.54, 1.807) is 11.8 Å². The molecule has 12 heavy (non-hydrogen) atoms. The lowest BCUT2D eigenvalue weighted by Gasteiger charge is -1.99. The Hall–Kier alpha value is -0.540. The zero-order chi connectivity index (χ0) is 8.81. The average Bonchev–Trinajstić information content (AvgIpc) is 2.05. The number of pyridine rings is 1. The summed E-state index contributed by atoms with van der Waals surface area (Å²) in [6, 6.07) is 4.05.